The van der Waals surface area contributed by atoms with Crippen LogP contribution in [-0.4, -0.2) is 23.5 Å². The van der Waals surface area contributed by atoms with Gasteiger partial charge in [-0.25, -0.2) is 9.18 Å². The lowest BCUT2D eigenvalue weighted by Crippen LogP contribution is -2.20. The third-order valence-electron chi connectivity index (χ3n) is 1.93. The highest BCUT2D eigenvalue weighted by Gasteiger charge is 1.94. The summed E-state index contributed by atoms with van der Waals surface area (Å²) >= 11 is 0. The lowest BCUT2D eigenvalue weighted by Gasteiger charge is -1.96. The van der Waals surface area contributed by atoms with Gasteiger partial charge in [0.15, 0.2) is 0 Å². The zero-order chi connectivity index (χ0) is 13.4. The first-order valence-electron chi connectivity index (χ1n) is 5.19. The molecule has 0 unspecified atom stereocenters. The maximum atomic E-state index is 12.8. The van der Waals surface area contributed by atoms with Crippen molar-refractivity contribution >= 4 is 18.0 Å². The van der Waals surface area contributed by atoms with Gasteiger partial charge in [0, 0.05) is 18.7 Å². The second-order valence-electron chi connectivity index (χ2n) is 3.37. The number of rotatable bonds is 5. The predicted octanol–water partition coefficient (Wildman–Crippen LogP) is 1.60. The molecule has 5 heteroatoms. The van der Waals surface area contributed by atoms with E-state index >= 15 is 0 Å². The van der Waals surface area contributed by atoms with Gasteiger partial charge in [-0.3, -0.25) is 4.79 Å². The summed E-state index contributed by atoms with van der Waals surface area (Å²) in [4.78, 5) is 21.4. The van der Waals surface area contributed by atoms with Gasteiger partial charge < -0.3 is 10.4 Å². The number of nitrogens with one attached hydrogen (secondary N) is 1. The molecule has 0 radical (unpaired) electrons. The van der Waals surface area contributed by atoms with E-state index in [0.717, 1.165) is 6.08 Å². The summed E-state index contributed by atoms with van der Waals surface area (Å²) in [7, 11) is 0. The molecule has 1 amide bonds. The molecule has 18 heavy (non-hydrogen) atoms. The Morgan fingerprint density at radius 3 is 2.78 bits per heavy atom. The number of carboxylic acids is 1. The molecular formula is C13H12FNO3. The first-order chi connectivity index (χ1) is 8.58. The fraction of sp³-hybridized carbons (Fsp3) is 0.0769. The molecule has 0 aliphatic rings. The van der Waals surface area contributed by atoms with Crippen molar-refractivity contribution in [2.75, 3.05) is 6.54 Å². The SMILES string of the molecule is O=C(O)/C=C/CNC(=O)/C=C/c1cccc(F)c1. The Labute approximate surface area is 103 Å². The van der Waals surface area contributed by atoms with Gasteiger partial charge in [-0.2, -0.15) is 0 Å². The standard InChI is InChI=1S/C13H12FNO3/c14-11-4-1-3-10(9-11)6-7-12(16)15-8-2-5-13(17)18/h1-7,9H,8H2,(H,15,16)(H,17,18)/b5-2+,7-6+. The van der Waals surface area contributed by atoms with E-state index in [0.29, 0.717) is 5.56 Å². The minimum absolute atomic E-state index is 0.124. The zero-order valence-electron chi connectivity index (χ0n) is 9.47. The van der Waals surface area contributed by atoms with E-state index in [1.165, 1.54) is 30.4 Å². The first-order valence-corrected chi connectivity index (χ1v) is 5.19. The predicted molar refractivity (Wildman–Crippen MR) is 65.2 cm³/mol. The van der Waals surface area contributed by atoms with Crippen molar-refractivity contribution in [2.45, 2.75) is 0 Å². The van der Waals surface area contributed by atoms with Crippen LogP contribution < -0.4 is 5.32 Å². The molecule has 0 bridgehead atoms. The van der Waals surface area contributed by atoms with Gasteiger partial charge in [0.2, 0.25) is 5.91 Å². The number of halogens is 1. The molecule has 0 aliphatic carbocycles. The highest BCUT2D eigenvalue weighted by atomic mass is 19.1. The van der Waals surface area contributed by atoms with E-state index in [2.05, 4.69) is 5.32 Å². The second kappa shape index (κ2) is 7.01. The monoisotopic (exact) mass is 249 g/mol. The average molecular weight is 249 g/mol. The Morgan fingerprint density at radius 2 is 2.11 bits per heavy atom. The molecule has 0 atom stereocenters. The molecule has 1 aromatic carbocycles. The molecule has 0 aliphatic heterocycles. The van der Waals surface area contributed by atoms with Crippen LogP contribution in [0.4, 0.5) is 4.39 Å². The summed E-state index contributed by atoms with van der Waals surface area (Å²) in [5.41, 5.74) is 0.575. The zero-order valence-corrected chi connectivity index (χ0v) is 9.47. The normalized spacial score (nSPS) is 10.9. The van der Waals surface area contributed by atoms with E-state index < -0.39 is 5.97 Å². The summed E-state index contributed by atoms with van der Waals surface area (Å²) in [6.07, 6.45) is 4.98. The van der Waals surface area contributed by atoms with Crippen LogP contribution in [0.5, 0.6) is 0 Å². The number of amides is 1. The Morgan fingerprint density at radius 1 is 1.33 bits per heavy atom. The van der Waals surface area contributed by atoms with Crippen LogP contribution in [0.1, 0.15) is 5.56 Å². The molecule has 4 nitrogen and oxygen atoms in total. The molecule has 0 saturated heterocycles. The topological polar surface area (TPSA) is 66.4 Å². The fourth-order valence-electron chi connectivity index (χ4n) is 1.16. The molecule has 94 valence electrons. The Bertz CT molecular complexity index is 495. The van der Waals surface area contributed by atoms with Gasteiger partial charge in [-0.1, -0.05) is 18.2 Å². The largest absolute Gasteiger partial charge is 0.478 e. The summed E-state index contributed by atoms with van der Waals surface area (Å²) < 4.78 is 12.8. The Hall–Kier alpha value is -2.43. The van der Waals surface area contributed by atoms with E-state index in [1.807, 2.05) is 0 Å². The lowest BCUT2D eigenvalue weighted by molar-refractivity contribution is -0.131. The number of carbonyl (C=O) groups is 2. The Balaban J connectivity index is 2.42. The number of carboxylic acid groups (broad SMARTS) is 1. The van der Waals surface area contributed by atoms with Crippen LogP contribution in [0.25, 0.3) is 6.08 Å². The molecule has 0 spiro atoms. The molecule has 0 aromatic heterocycles. The van der Waals surface area contributed by atoms with Crippen LogP contribution in [0.2, 0.25) is 0 Å². The number of hydrogen-bond donors (Lipinski definition) is 2. The van der Waals surface area contributed by atoms with Crippen molar-refractivity contribution < 1.29 is 19.1 Å². The van der Waals surface area contributed by atoms with E-state index in [4.69, 9.17) is 5.11 Å². The minimum atomic E-state index is -1.07. The minimum Gasteiger partial charge on any atom is -0.478 e. The van der Waals surface area contributed by atoms with Gasteiger partial charge in [0.05, 0.1) is 0 Å². The third-order valence-corrected chi connectivity index (χ3v) is 1.93. The van der Waals surface area contributed by atoms with Gasteiger partial charge in [0.1, 0.15) is 5.82 Å². The van der Waals surface area contributed by atoms with Crippen molar-refractivity contribution in [3.63, 3.8) is 0 Å². The molecule has 2 N–H and O–H groups in total. The maximum Gasteiger partial charge on any atom is 0.328 e. The smallest absolute Gasteiger partial charge is 0.328 e. The van der Waals surface area contributed by atoms with Crippen molar-refractivity contribution in [3.05, 3.63) is 53.9 Å². The molecule has 0 fully saturated rings. The highest BCUT2D eigenvalue weighted by molar-refractivity contribution is 5.91. The van der Waals surface area contributed by atoms with Crippen molar-refractivity contribution in [1.82, 2.24) is 5.32 Å². The molecular weight excluding hydrogens is 237 g/mol. The summed E-state index contributed by atoms with van der Waals surface area (Å²) in [5, 5.41) is 10.8. The van der Waals surface area contributed by atoms with Crippen molar-refractivity contribution in [3.8, 4) is 0 Å². The van der Waals surface area contributed by atoms with Crippen LogP contribution >= 0.6 is 0 Å². The van der Waals surface area contributed by atoms with Gasteiger partial charge in [0.25, 0.3) is 0 Å². The number of benzene rings is 1. The fourth-order valence-corrected chi connectivity index (χ4v) is 1.16. The van der Waals surface area contributed by atoms with Gasteiger partial charge in [-0.05, 0) is 23.8 Å². The van der Waals surface area contributed by atoms with Crippen LogP contribution in [0, 0.1) is 5.82 Å². The summed E-state index contributed by atoms with van der Waals surface area (Å²) in [5.74, 6) is -1.82. The number of hydrogen-bond acceptors (Lipinski definition) is 2. The van der Waals surface area contributed by atoms with E-state index in [1.54, 1.807) is 12.1 Å². The summed E-state index contributed by atoms with van der Waals surface area (Å²) in [6.45, 7) is 0.124. The van der Waals surface area contributed by atoms with Crippen molar-refractivity contribution in [2.24, 2.45) is 0 Å². The number of carbonyl (C=O) groups excluding carboxylic acids is 1. The van der Waals surface area contributed by atoms with Crippen LogP contribution in [-0.2, 0) is 9.59 Å². The number of aliphatic carboxylic acids is 1. The van der Waals surface area contributed by atoms with E-state index in [-0.39, 0.29) is 18.3 Å². The lowest BCUT2D eigenvalue weighted by atomic mass is 10.2. The van der Waals surface area contributed by atoms with Crippen LogP contribution in [0.3, 0.4) is 0 Å². The Kier molecular flexibility index (Phi) is 5.31. The average Bonchev–Trinajstić information content (AvgIpc) is 2.32. The highest BCUT2D eigenvalue weighted by Crippen LogP contribution is 2.04. The van der Waals surface area contributed by atoms with Crippen molar-refractivity contribution in [1.29, 1.82) is 0 Å². The van der Waals surface area contributed by atoms with Crippen LogP contribution in [0.15, 0.2) is 42.5 Å². The molecule has 0 saturated carbocycles. The molecule has 1 rings (SSSR count). The molecule has 1 aromatic rings. The second-order valence-corrected chi connectivity index (χ2v) is 3.37. The quantitative estimate of drug-likeness (QED) is 0.779. The van der Waals surface area contributed by atoms with E-state index in [9.17, 15) is 14.0 Å². The first kappa shape index (κ1) is 13.6. The van der Waals surface area contributed by atoms with Gasteiger partial charge in [-0.15, -0.1) is 0 Å². The molecule has 0 heterocycles. The maximum absolute atomic E-state index is 12.8. The third kappa shape index (κ3) is 5.60. The summed E-state index contributed by atoms with van der Waals surface area (Å²) in [6, 6.07) is 5.82. The van der Waals surface area contributed by atoms with Gasteiger partial charge >= 0.3 is 5.97 Å².